The van der Waals surface area contributed by atoms with Crippen LogP contribution in [-0.2, 0) is 7.05 Å². The summed E-state index contributed by atoms with van der Waals surface area (Å²) in [5.74, 6) is -1.53. The summed E-state index contributed by atoms with van der Waals surface area (Å²) >= 11 is 1.08. The Morgan fingerprint density at radius 1 is 1.24 bits per heavy atom. The summed E-state index contributed by atoms with van der Waals surface area (Å²) in [4.78, 5) is 16.7. The minimum absolute atomic E-state index is 0.0350. The van der Waals surface area contributed by atoms with E-state index < -0.39 is 24.7 Å². The van der Waals surface area contributed by atoms with E-state index in [-0.39, 0.29) is 17.1 Å². The van der Waals surface area contributed by atoms with E-state index in [2.05, 4.69) is 14.4 Å². The first-order chi connectivity index (χ1) is 13.8. The summed E-state index contributed by atoms with van der Waals surface area (Å²) in [5.41, 5.74) is 1.74. The van der Waals surface area contributed by atoms with E-state index in [1.54, 1.807) is 11.6 Å². The number of methoxy groups -OCH3 is 1. The summed E-state index contributed by atoms with van der Waals surface area (Å²) < 4.78 is 52.9. The van der Waals surface area contributed by atoms with Crippen molar-refractivity contribution in [1.29, 1.82) is 0 Å². The molecule has 10 heteroatoms. The first kappa shape index (κ1) is 20.8. The van der Waals surface area contributed by atoms with Crippen LogP contribution in [0.5, 0.6) is 11.8 Å². The normalized spacial score (nSPS) is 11.1. The molecule has 1 aromatic carbocycles. The fraction of sp³-hybridized carbons (Fsp3) is 0.263. The van der Waals surface area contributed by atoms with E-state index in [4.69, 9.17) is 4.74 Å². The average Bonchev–Trinajstić information content (AvgIpc) is 2.68. The topological polar surface area (TPSA) is 65.4 Å². The number of aryl methyl sites for hydroxylation is 2. The molecule has 0 saturated heterocycles. The highest BCUT2D eigenvalue weighted by Crippen LogP contribution is 2.33. The Hall–Kier alpha value is -2.88. The summed E-state index contributed by atoms with van der Waals surface area (Å²) in [5, 5.41) is 0.833. The summed E-state index contributed by atoms with van der Waals surface area (Å²) in [6.45, 7) is 0.951. The van der Waals surface area contributed by atoms with Gasteiger partial charge in [-0.3, -0.25) is 4.79 Å². The van der Waals surface area contributed by atoms with Crippen molar-refractivity contribution in [3.05, 3.63) is 52.1 Å². The molecule has 2 heterocycles. The number of nitrogens with one attached hydrogen (secondary N) is 1. The number of rotatable bonds is 7. The summed E-state index contributed by atoms with van der Waals surface area (Å²) in [6, 6.07) is 8.22. The molecule has 0 radical (unpaired) electrons. The Balaban J connectivity index is 1.91. The molecular weight excluding hydrogens is 407 g/mol. The van der Waals surface area contributed by atoms with Gasteiger partial charge >= 0.3 is 0 Å². The molecule has 6 nitrogen and oxygen atoms in total. The number of hydrogen-bond acceptors (Lipinski definition) is 6. The first-order valence-electron chi connectivity index (χ1n) is 8.49. The molecule has 0 aliphatic carbocycles. The minimum atomic E-state index is -2.76. The number of aromatic nitrogens is 2. The summed E-state index contributed by atoms with van der Waals surface area (Å²) in [6.07, 6.45) is -2.76. The lowest BCUT2D eigenvalue weighted by Crippen LogP contribution is -2.16. The zero-order chi connectivity index (χ0) is 21.1. The highest BCUT2D eigenvalue weighted by molar-refractivity contribution is 8.00. The van der Waals surface area contributed by atoms with Crippen molar-refractivity contribution in [1.82, 2.24) is 9.55 Å². The van der Waals surface area contributed by atoms with Gasteiger partial charge in [0.25, 0.3) is 17.9 Å². The lowest BCUT2D eigenvalue weighted by atomic mass is 10.1. The molecule has 0 aliphatic rings. The molecule has 0 saturated carbocycles. The Kier molecular flexibility index (Phi) is 6.21. The van der Waals surface area contributed by atoms with Gasteiger partial charge in [0.05, 0.1) is 12.6 Å². The second kappa shape index (κ2) is 8.64. The van der Waals surface area contributed by atoms with Gasteiger partial charge in [-0.15, -0.1) is 0 Å². The van der Waals surface area contributed by atoms with Crippen molar-refractivity contribution in [3.8, 4) is 11.8 Å². The van der Waals surface area contributed by atoms with Crippen molar-refractivity contribution in [2.75, 3.05) is 18.4 Å². The molecule has 0 atom stereocenters. The van der Waals surface area contributed by atoms with Gasteiger partial charge in [0, 0.05) is 29.5 Å². The molecule has 1 N–H and O–H groups in total. The van der Waals surface area contributed by atoms with Gasteiger partial charge in [-0.05, 0) is 30.5 Å². The van der Waals surface area contributed by atoms with Crippen molar-refractivity contribution < 1.29 is 22.6 Å². The van der Waals surface area contributed by atoms with Crippen LogP contribution in [0.25, 0.3) is 10.9 Å². The fourth-order valence-electron chi connectivity index (χ4n) is 2.66. The summed E-state index contributed by atoms with van der Waals surface area (Å²) in [7, 11) is 3.00. The maximum absolute atomic E-state index is 14.2. The molecule has 0 spiro atoms. The number of halogens is 3. The van der Waals surface area contributed by atoms with Crippen molar-refractivity contribution in [2.24, 2.45) is 7.05 Å². The van der Waals surface area contributed by atoms with Crippen LogP contribution < -0.4 is 19.8 Å². The maximum atomic E-state index is 14.2. The highest BCUT2D eigenvalue weighted by atomic mass is 32.2. The number of benzene rings is 1. The number of alkyl halides is 2. The van der Waals surface area contributed by atoms with Crippen LogP contribution in [0.15, 0.2) is 40.0 Å². The largest absolute Gasteiger partial charge is 0.479 e. The fourth-order valence-corrected chi connectivity index (χ4v) is 3.46. The Morgan fingerprint density at radius 3 is 2.69 bits per heavy atom. The maximum Gasteiger partial charge on any atom is 0.272 e. The number of fused-ring (bicyclic) bond motifs is 1. The Bertz CT molecular complexity index is 1110. The van der Waals surface area contributed by atoms with Gasteiger partial charge in [0.1, 0.15) is 5.69 Å². The van der Waals surface area contributed by atoms with Crippen molar-refractivity contribution in [3.63, 3.8) is 0 Å². The monoisotopic (exact) mass is 425 g/mol. The van der Waals surface area contributed by atoms with Gasteiger partial charge in [0.15, 0.2) is 12.4 Å². The molecule has 154 valence electrons. The van der Waals surface area contributed by atoms with Gasteiger partial charge in [-0.2, -0.15) is 4.98 Å². The SMILES string of the molecule is COc1nc(OCC(F)F)c(F)cc1NSc1cc(=O)n(C)c2cc(C)ccc12. The molecule has 0 amide bonds. The lowest BCUT2D eigenvalue weighted by Gasteiger charge is -2.14. The average molecular weight is 425 g/mol. The lowest BCUT2D eigenvalue weighted by molar-refractivity contribution is 0.0770. The van der Waals surface area contributed by atoms with Crippen LogP contribution in [0.4, 0.5) is 18.9 Å². The van der Waals surface area contributed by atoms with Gasteiger partial charge in [0.2, 0.25) is 5.88 Å². The van der Waals surface area contributed by atoms with Crippen LogP contribution >= 0.6 is 11.9 Å². The van der Waals surface area contributed by atoms with E-state index in [1.807, 2.05) is 25.1 Å². The predicted molar refractivity (Wildman–Crippen MR) is 106 cm³/mol. The van der Waals surface area contributed by atoms with Crippen LogP contribution in [0.3, 0.4) is 0 Å². The molecule has 2 aromatic heterocycles. The number of pyridine rings is 2. The first-order valence-corrected chi connectivity index (χ1v) is 9.30. The standard InChI is InChI=1S/C19H18F3N3O3S/c1-10-4-5-11-14(6-10)25(2)17(26)8-15(11)29-24-13-7-12(20)18(23-19(13)27-3)28-9-16(21)22/h4-8,16,24H,9H2,1-3H3. The van der Waals surface area contributed by atoms with Gasteiger partial charge < -0.3 is 18.8 Å². The molecule has 0 unspecified atom stereocenters. The molecule has 29 heavy (non-hydrogen) atoms. The van der Waals surface area contributed by atoms with Gasteiger partial charge in [-0.1, -0.05) is 12.1 Å². The Labute approximate surface area is 168 Å². The molecular formula is C19H18F3N3O3S. The molecule has 3 aromatic rings. The van der Waals surface area contributed by atoms with Crippen LogP contribution in [0.1, 0.15) is 5.56 Å². The predicted octanol–water partition coefficient (Wildman–Crippen LogP) is 4.15. The molecule has 0 fully saturated rings. The van der Waals surface area contributed by atoms with Crippen LogP contribution in [0, 0.1) is 12.7 Å². The molecule has 3 rings (SSSR count). The molecule has 0 aliphatic heterocycles. The van der Waals surface area contributed by atoms with E-state index in [1.165, 1.54) is 13.2 Å². The number of anilines is 1. The second-order valence-corrected chi connectivity index (χ2v) is 7.01. The number of ether oxygens (including phenoxy) is 2. The van der Waals surface area contributed by atoms with Crippen molar-refractivity contribution in [2.45, 2.75) is 18.2 Å². The molecule has 0 bridgehead atoms. The van der Waals surface area contributed by atoms with E-state index >= 15 is 0 Å². The second-order valence-electron chi connectivity index (χ2n) is 6.16. The highest BCUT2D eigenvalue weighted by Gasteiger charge is 2.16. The minimum Gasteiger partial charge on any atom is -0.479 e. The van der Waals surface area contributed by atoms with Gasteiger partial charge in [-0.25, -0.2) is 13.2 Å². The quantitative estimate of drug-likeness (QED) is 0.574. The van der Waals surface area contributed by atoms with Crippen LogP contribution in [0.2, 0.25) is 0 Å². The number of hydrogen-bond donors (Lipinski definition) is 1. The smallest absolute Gasteiger partial charge is 0.272 e. The van der Waals surface area contributed by atoms with E-state index in [0.29, 0.717) is 4.90 Å². The Morgan fingerprint density at radius 2 is 2.00 bits per heavy atom. The number of nitrogens with zero attached hydrogens (tertiary/aromatic N) is 2. The third-order valence-corrected chi connectivity index (χ3v) is 4.96. The van der Waals surface area contributed by atoms with E-state index in [9.17, 15) is 18.0 Å². The van der Waals surface area contributed by atoms with Crippen molar-refractivity contribution >= 4 is 28.5 Å². The van der Waals surface area contributed by atoms with Crippen LogP contribution in [-0.4, -0.2) is 29.7 Å². The zero-order valence-electron chi connectivity index (χ0n) is 15.8. The third kappa shape index (κ3) is 4.58. The van der Waals surface area contributed by atoms with E-state index in [0.717, 1.165) is 34.5 Å². The zero-order valence-corrected chi connectivity index (χ0v) is 16.6. The third-order valence-electron chi connectivity index (χ3n) is 4.08.